The number of carbonyl (C=O) groups excluding carboxylic acids is 2. The van der Waals surface area contributed by atoms with Gasteiger partial charge in [-0.15, -0.1) is 0 Å². The summed E-state index contributed by atoms with van der Waals surface area (Å²) in [5, 5.41) is 17.9. The Morgan fingerprint density at radius 3 is 2.12 bits per heavy atom. The van der Waals surface area contributed by atoms with Crippen LogP contribution in [0.2, 0.25) is 0 Å². The summed E-state index contributed by atoms with van der Waals surface area (Å²) in [6.45, 7) is 0.872. The molecule has 0 saturated heterocycles. The Morgan fingerprint density at radius 1 is 1.04 bits per heavy atom. The molecule has 0 amide bonds. The average Bonchev–Trinajstić information content (AvgIpc) is 2.59. The molecule has 1 aromatic rings. The number of carboxylic acid groups (broad SMARTS) is 1. The maximum Gasteiger partial charge on any atom is 0.331 e. The fourth-order valence-electron chi connectivity index (χ4n) is 1.76. The molecule has 10 nitrogen and oxygen atoms in total. The molecular weight excluding hydrogens is 346 g/mol. The molecule has 8 N–H and O–H groups in total. The lowest BCUT2D eigenvalue weighted by molar-refractivity contribution is -0.150. The molecule has 144 valence electrons. The lowest BCUT2D eigenvalue weighted by Gasteiger charge is -2.16. The number of carboxylic acids is 1. The van der Waals surface area contributed by atoms with Crippen molar-refractivity contribution in [3.8, 4) is 5.75 Å². The number of carbonyl (C=O) groups is 3. The van der Waals surface area contributed by atoms with Crippen LogP contribution in [0.15, 0.2) is 24.3 Å². The SMILES string of the molecule is C[C@@H](O)[C@H](N)C(=O)OC[C@H](N)C(=O)Oc1ccc(C[C@H](N)C(=O)O)cc1. The minimum absolute atomic E-state index is 0.128. The number of rotatable bonds is 9. The van der Waals surface area contributed by atoms with E-state index in [0.717, 1.165) is 0 Å². The predicted octanol–water partition coefficient (Wildman–Crippen LogP) is -1.87. The third-order valence-electron chi connectivity index (χ3n) is 3.41. The molecule has 0 spiro atoms. The van der Waals surface area contributed by atoms with E-state index in [0.29, 0.717) is 5.56 Å². The molecule has 1 rings (SSSR count). The number of aliphatic carboxylic acids is 1. The summed E-state index contributed by atoms with van der Waals surface area (Å²) in [5.41, 5.74) is 17.1. The van der Waals surface area contributed by atoms with Crippen molar-refractivity contribution < 1.29 is 34.1 Å². The van der Waals surface area contributed by atoms with Crippen molar-refractivity contribution in [2.45, 2.75) is 37.6 Å². The molecule has 0 aliphatic rings. The van der Waals surface area contributed by atoms with E-state index in [1.807, 2.05) is 0 Å². The highest BCUT2D eigenvalue weighted by molar-refractivity contribution is 5.80. The monoisotopic (exact) mass is 369 g/mol. The lowest BCUT2D eigenvalue weighted by Crippen LogP contribution is -2.45. The molecule has 0 aliphatic heterocycles. The fraction of sp³-hybridized carbons (Fsp3) is 0.438. The molecule has 1 aromatic carbocycles. The number of hydrogen-bond donors (Lipinski definition) is 5. The van der Waals surface area contributed by atoms with Crippen LogP contribution in [0.25, 0.3) is 0 Å². The van der Waals surface area contributed by atoms with Crippen LogP contribution in [-0.4, -0.2) is 59.0 Å². The number of aliphatic hydroxyl groups excluding tert-OH is 1. The van der Waals surface area contributed by atoms with Gasteiger partial charge in [0.05, 0.1) is 6.10 Å². The first kappa shape index (κ1) is 21.5. The second-order valence-corrected chi connectivity index (χ2v) is 5.72. The van der Waals surface area contributed by atoms with Gasteiger partial charge in [0.1, 0.15) is 30.5 Å². The largest absolute Gasteiger partial charge is 0.480 e. The van der Waals surface area contributed by atoms with Crippen molar-refractivity contribution in [2.24, 2.45) is 17.2 Å². The van der Waals surface area contributed by atoms with E-state index >= 15 is 0 Å². The number of aliphatic hydroxyl groups is 1. The highest BCUT2D eigenvalue weighted by Crippen LogP contribution is 2.14. The summed E-state index contributed by atoms with van der Waals surface area (Å²) >= 11 is 0. The molecule has 0 aliphatic carbocycles. The molecular formula is C16H23N3O7. The number of nitrogens with two attached hydrogens (primary N) is 3. The van der Waals surface area contributed by atoms with Gasteiger partial charge in [0, 0.05) is 0 Å². The quantitative estimate of drug-likeness (QED) is 0.243. The van der Waals surface area contributed by atoms with Crippen molar-refractivity contribution in [3.63, 3.8) is 0 Å². The molecule has 10 heteroatoms. The standard InChI is InChI=1S/C16H23N3O7/c1-8(20)13(19)16(24)25-7-12(18)15(23)26-10-4-2-9(3-5-10)6-11(17)14(21)22/h2-5,8,11-13,20H,6-7,17-19H2,1H3,(H,21,22)/t8-,11+,12+,13+/m1/s1. The van der Waals surface area contributed by atoms with Gasteiger partial charge in [0.2, 0.25) is 0 Å². The highest BCUT2D eigenvalue weighted by atomic mass is 16.6. The van der Waals surface area contributed by atoms with Crippen molar-refractivity contribution in [1.82, 2.24) is 0 Å². The Hall–Kier alpha value is -2.53. The summed E-state index contributed by atoms with van der Waals surface area (Å²) in [6, 6.07) is 2.56. The van der Waals surface area contributed by atoms with E-state index in [1.165, 1.54) is 19.1 Å². The van der Waals surface area contributed by atoms with Crippen LogP contribution in [0.4, 0.5) is 0 Å². The van der Waals surface area contributed by atoms with Gasteiger partial charge in [0.15, 0.2) is 0 Å². The van der Waals surface area contributed by atoms with E-state index in [4.69, 9.17) is 31.8 Å². The van der Waals surface area contributed by atoms with Crippen LogP contribution in [0, 0.1) is 0 Å². The van der Waals surface area contributed by atoms with Gasteiger partial charge in [-0.05, 0) is 31.0 Å². The average molecular weight is 369 g/mol. The molecule has 0 fully saturated rings. The molecule has 4 atom stereocenters. The van der Waals surface area contributed by atoms with Crippen LogP contribution < -0.4 is 21.9 Å². The Labute approximate surface area is 149 Å². The molecule has 0 bridgehead atoms. The van der Waals surface area contributed by atoms with Crippen LogP contribution in [0.3, 0.4) is 0 Å². The van der Waals surface area contributed by atoms with Crippen LogP contribution in [-0.2, 0) is 25.5 Å². The Bertz CT molecular complexity index is 633. The van der Waals surface area contributed by atoms with Gasteiger partial charge in [-0.25, -0.2) is 4.79 Å². The third kappa shape index (κ3) is 6.76. The van der Waals surface area contributed by atoms with Gasteiger partial charge in [0.25, 0.3) is 0 Å². The first-order valence-electron chi connectivity index (χ1n) is 7.76. The zero-order valence-corrected chi connectivity index (χ0v) is 14.2. The van der Waals surface area contributed by atoms with Crippen LogP contribution >= 0.6 is 0 Å². The van der Waals surface area contributed by atoms with Crippen LogP contribution in [0.5, 0.6) is 5.75 Å². The summed E-state index contributed by atoms with van der Waals surface area (Å²) in [6.07, 6.45) is -0.971. The van der Waals surface area contributed by atoms with Gasteiger partial charge in [-0.3, -0.25) is 9.59 Å². The van der Waals surface area contributed by atoms with Gasteiger partial charge >= 0.3 is 17.9 Å². The Kier molecular flexibility index (Phi) is 8.13. The first-order chi connectivity index (χ1) is 12.1. The third-order valence-corrected chi connectivity index (χ3v) is 3.41. The molecule has 26 heavy (non-hydrogen) atoms. The topological polar surface area (TPSA) is 188 Å². The highest BCUT2D eigenvalue weighted by Gasteiger charge is 2.24. The van der Waals surface area contributed by atoms with Crippen molar-refractivity contribution >= 4 is 17.9 Å². The minimum Gasteiger partial charge on any atom is -0.480 e. The molecule has 0 aromatic heterocycles. The number of benzene rings is 1. The van der Waals surface area contributed by atoms with Gasteiger partial charge < -0.3 is 36.9 Å². The van der Waals surface area contributed by atoms with E-state index in [2.05, 4.69) is 0 Å². The smallest absolute Gasteiger partial charge is 0.331 e. The Morgan fingerprint density at radius 2 is 1.62 bits per heavy atom. The van der Waals surface area contributed by atoms with Gasteiger partial charge in [-0.2, -0.15) is 0 Å². The van der Waals surface area contributed by atoms with Crippen molar-refractivity contribution in [3.05, 3.63) is 29.8 Å². The maximum atomic E-state index is 11.9. The van der Waals surface area contributed by atoms with E-state index in [-0.39, 0.29) is 12.2 Å². The maximum absolute atomic E-state index is 11.9. The lowest BCUT2D eigenvalue weighted by atomic mass is 10.1. The van der Waals surface area contributed by atoms with Crippen molar-refractivity contribution in [2.75, 3.05) is 6.61 Å². The molecule has 0 heterocycles. The summed E-state index contributed by atoms with van der Waals surface area (Å²) in [7, 11) is 0. The molecule has 0 radical (unpaired) electrons. The van der Waals surface area contributed by atoms with Crippen LogP contribution in [0.1, 0.15) is 12.5 Å². The molecule has 0 saturated carbocycles. The summed E-state index contributed by atoms with van der Waals surface area (Å²) < 4.78 is 9.79. The second-order valence-electron chi connectivity index (χ2n) is 5.72. The Balaban J connectivity index is 2.51. The summed E-state index contributed by atoms with van der Waals surface area (Å²) in [4.78, 5) is 34.1. The predicted molar refractivity (Wildman–Crippen MR) is 90.0 cm³/mol. The first-order valence-corrected chi connectivity index (χ1v) is 7.76. The minimum atomic E-state index is -1.24. The van der Waals surface area contributed by atoms with Gasteiger partial charge in [-0.1, -0.05) is 12.1 Å². The van der Waals surface area contributed by atoms with E-state index in [1.54, 1.807) is 12.1 Å². The number of esters is 2. The normalized spacial score (nSPS) is 15.4. The summed E-state index contributed by atoms with van der Waals surface area (Å²) in [5.74, 6) is -2.65. The zero-order chi connectivity index (χ0) is 19.9. The number of hydrogen-bond acceptors (Lipinski definition) is 9. The van der Waals surface area contributed by atoms with E-state index < -0.39 is 48.7 Å². The van der Waals surface area contributed by atoms with E-state index in [9.17, 15) is 19.5 Å². The van der Waals surface area contributed by atoms with Crippen molar-refractivity contribution in [1.29, 1.82) is 0 Å². The second kappa shape index (κ2) is 9.82. The number of ether oxygens (including phenoxy) is 2. The zero-order valence-electron chi connectivity index (χ0n) is 14.2. The molecule has 0 unspecified atom stereocenters. The fourth-order valence-corrected chi connectivity index (χ4v) is 1.76.